The van der Waals surface area contributed by atoms with Gasteiger partial charge in [0.25, 0.3) is 0 Å². The molecule has 1 fully saturated rings. The highest BCUT2D eigenvalue weighted by atomic mass is 19.4. The van der Waals surface area contributed by atoms with Gasteiger partial charge in [0, 0.05) is 12.6 Å². The zero-order valence-corrected chi connectivity index (χ0v) is 8.14. The van der Waals surface area contributed by atoms with Crippen LogP contribution in [-0.4, -0.2) is 6.04 Å². The fourth-order valence-electron chi connectivity index (χ4n) is 1.41. The Morgan fingerprint density at radius 1 is 1.27 bits per heavy atom. The first-order valence-corrected chi connectivity index (χ1v) is 4.95. The van der Waals surface area contributed by atoms with Gasteiger partial charge in [-0.05, 0) is 24.5 Å². The third-order valence-corrected chi connectivity index (χ3v) is 2.43. The molecule has 2 rings (SSSR count). The molecule has 15 heavy (non-hydrogen) atoms. The highest BCUT2D eigenvalue weighted by molar-refractivity contribution is 5.25. The van der Waals surface area contributed by atoms with Gasteiger partial charge in [-0.2, -0.15) is 13.2 Å². The van der Waals surface area contributed by atoms with Gasteiger partial charge < -0.3 is 5.32 Å². The van der Waals surface area contributed by atoms with Crippen molar-refractivity contribution in [2.45, 2.75) is 31.6 Å². The molecule has 0 saturated heterocycles. The van der Waals surface area contributed by atoms with E-state index in [0.717, 1.165) is 18.9 Å². The van der Waals surface area contributed by atoms with E-state index in [0.29, 0.717) is 18.2 Å². The van der Waals surface area contributed by atoms with Crippen molar-refractivity contribution in [3.63, 3.8) is 0 Å². The predicted octanol–water partition coefficient (Wildman–Crippen LogP) is 2.96. The molecule has 1 aromatic rings. The summed E-state index contributed by atoms with van der Waals surface area (Å²) in [6, 6.07) is 5.98. The summed E-state index contributed by atoms with van der Waals surface area (Å²) in [6.07, 6.45) is -1.96. The number of halogens is 3. The zero-order valence-electron chi connectivity index (χ0n) is 8.14. The van der Waals surface area contributed by atoms with E-state index in [2.05, 4.69) is 5.32 Å². The minimum atomic E-state index is -4.24. The molecule has 0 heterocycles. The summed E-state index contributed by atoms with van der Waals surface area (Å²) in [7, 11) is 0. The van der Waals surface area contributed by atoms with Gasteiger partial charge in [0.15, 0.2) is 0 Å². The highest BCUT2D eigenvalue weighted by Gasteiger charge is 2.30. The Labute approximate surface area is 86.3 Å². The van der Waals surface area contributed by atoms with Gasteiger partial charge in [-0.15, -0.1) is 0 Å². The molecule has 82 valence electrons. The second kappa shape index (κ2) is 3.85. The second-order valence-corrected chi connectivity index (χ2v) is 3.85. The molecule has 0 spiro atoms. The van der Waals surface area contributed by atoms with Gasteiger partial charge in [-0.3, -0.25) is 0 Å². The number of hydrogen-bond donors (Lipinski definition) is 1. The van der Waals surface area contributed by atoms with E-state index in [-0.39, 0.29) is 0 Å². The number of nitrogens with one attached hydrogen (secondary N) is 1. The summed E-state index contributed by atoms with van der Waals surface area (Å²) in [5.41, 5.74) is 0.120. The van der Waals surface area contributed by atoms with Crippen molar-refractivity contribution in [3.05, 3.63) is 35.4 Å². The molecular formula is C11H12F3N. The molecule has 1 aliphatic carbocycles. The van der Waals surface area contributed by atoms with E-state index in [1.54, 1.807) is 6.07 Å². The fourth-order valence-corrected chi connectivity index (χ4v) is 1.41. The Bertz CT molecular complexity index is 342. The molecule has 0 bridgehead atoms. The number of benzene rings is 1. The van der Waals surface area contributed by atoms with E-state index in [1.807, 2.05) is 0 Å². The van der Waals surface area contributed by atoms with Crippen LogP contribution in [0.3, 0.4) is 0 Å². The van der Waals surface area contributed by atoms with Gasteiger partial charge >= 0.3 is 6.18 Å². The zero-order chi connectivity index (χ0) is 10.9. The van der Waals surface area contributed by atoms with Crippen LogP contribution < -0.4 is 5.32 Å². The fraction of sp³-hybridized carbons (Fsp3) is 0.455. The largest absolute Gasteiger partial charge is 0.416 e. The third-order valence-electron chi connectivity index (χ3n) is 2.43. The van der Waals surface area contributed by atoms with E-state index in [1.165, 1.54) is 12.1 Å². The summed E-state index contributed by atoms with van der Waals surface area (Å²) in [6.45, 7) is 0.522. The molecule has 1 nitrogen and oxygen atoms in total. The van der Waals surface area contributed by atoms with Crippen LogP contribution in [0.15, 0.2) is 24.3 Å². The molecule has 0 amide bonds. The van der Waals surface area contributed by atoms with Gasteiger partial charge in [0.1, 0.15) is 0 Å². The molecular weight excluding hydrogens is 203 g/mol. The van der Waals surface area contributed by atoms with Crippen molar-refractivity contribution in [3.8, 4) is 0 Å². The van der Waals surface area contributed by atoms with E-state index in [9.17, 15) is 13.2 Å². The van der Waals surface area contributed by atoms with E-state index >= 15 is 0 Å². The summed E-state index contributed by atoms with van der Waals surface area (Å²) < 4.78 is 37.1. The van der Waals surface area contributed by atoms with Crippen molar-refractivity contribution >= 4 is 0 Å². The molecule has 1 N–H and O–H groups in total. The van der Waals surface area contributed by atoms with Crippen molar-refractivity contribution in [1.29, 1.82) is 0 Å². The maximum absolute atomic E-state index is 12.4. The van der Waals surface area contributed by atoms with Crippen molar-refractivity contribution in [2.75, 3.05) is 0 Å². The number of hydrogen-bond acceptors (Lipinski definition) is 1. The first-order chi connectivity index (χ1) is 7.05. The molecule has 1 aromatic carbocycles. The minimum Gasteiger partial charge on any atom is -0.310 e. The lowest BCUT2D eigenvalue weighted by Gasteiger charge is -2.09. The molecule has 0 unspecified atom stereocenters. The van der Waals surface area contributed by atoms with Crippen LogP contribution in [-0.2, 0) is 12.7 Å². The standard InChI is InChI=1S/C11H12F3N/c12-11(13,14)9-3-1-2-8(6-9)7-15-10-4-5-10/h1-3,6,10,15H,4-5,7H2. The first-order valence-electron chi connectivity index (χ1n) is 4.95. The smallest absolute Gasteiger partial charge is 0.310 e. The Morgan fingerprint density at radius 2 is 2.00 bits per heavy atom. The molecule has 4 heteroatoms. The lowest BCUT2D eigenvalue weighted by Crippen LogP contribution is -2.16. The second-order valence-electron chi connectivity index (χ2n) is 3.85. The van der Waals surface area contributed by atoms with Crippen LogP contribution in [0.2, 0.25) is 0 Å². The van der Waals surface area contributed by atoms with E-state index < -0.39 is 11.7 Å². The number of rotatable bonds is 3. The maximum Gasteiger partial charge on any atom is 0.416 e. The van der Waals surface area contributed by atoms with Gasteiger partial charge in [-0.1, -0.05) is 18.2 Å². The summed E-state index contributed by atoms with van der Waals surface area (Å²) in [5, 5.41) is 3.18. The SMILES string of the molecule is FC(F)(F)c1cccc(CNC2CC2)c1. The Morgan fingerprint density at radius 3 is 2.60 bits per heavy atom. The Balaban J connectivity index is 2.04. The molecule has 0 aromatic heterocycles. The van der Waals surface area contributed by atoms with Crippen LogP contribution in [0.1, 0.15) is 24.0 Å². The van der Waals surface area contributed by atoms with Gasteiger partial charge in [0.2, 0.25) is 0 Å². The third kappa shape index (κ3) is 2.96. The van der Waals surface area contributed by atoms with Crippen LogP contribution in [0.5, 0.6) is 0 Å². The monoisotopic (exact) mass is 215 g/mol. The van der Waals surface area contributed by atoms with Crippen LogP contribution in [0, 0.1) is 0 Å². The molecule has 0 aliphatic heterocycles. The maximum atomic E-state index is 12.4. The lowest BCUT2D eigenvalue weighted by molar-refractivity contribution is -0.137. The molecule has 1 aliphatic rings. The lowest BCUT2D eigenvalue weighted by atomic mass is 10.1. The highest BCUT2D eigenvalue weighted by Crippen LogP contribution is 2.29. The Hall–Kier alpha value is -1.03. The molecule has 0 radical (unpaired) electrons. The van der Waals surface area contributed by atoms with Crippen LogP contribution >= 0.6 is 0 Å². The summed E-state index contributed by atoms with van der Waals surface area (Å²) in [5.74, 6) is 0. The normalized spacial score (nSPS) is 16.7. The molecule has 1 saturated carbocycles. The topological polar surface area (TPSA) is 12.0 Å². The number of alkyl halides is 3. The van der Waals surface area contributed by atoms with Crippen LogP contribution in [0.25, 0.3) is 0 Å². The van der Waals surface area contributed by atoms with Gasteiger partial charge in [0.05, 0.1) is 5.56 Å². The average molecular weight is 215 g/mol. The summed E-state index contributed by atoms with van der Waals surface area (Å²) >= 11 is 0. The first kappa shape index (κ1) is 10.5. The molecule has 0 atom stereocenters. The van der Waals surface area contributed by atoms with Crippen molar-refractivity contribution in [2.24, 2.45) is 0 Å². The van der Waals surface area contributed by atoms with Crippen LogP contribution in [0.4, 0.5) is 13.2 Å². The van der Waals surface area contributed by atoms with Crippen molar-refractivity contribution < 1.29 is 13.2 Å². The van der Waals surface area contributed by atoms with Crippen molar-refractivity contribution in [1.82, 2.24) is 5.32 Å². The Kier molecular flexibility index (Phi) is 2.69. The quantitative estimate of drug-likeness (QED) is 0.817. The average Bonchev–Trinajstić information content (AvgIpc) is 2.97. The predicted molar refractivity (Wildman–Crippen MR) is 51.3 cm³/mol. The summed E-state index contributed by atoms with van der Waals surface area (Å²) in [4.78, 5) is 0. The van der Waals surface area contributed by atoms with E-state index in [4.69, 9.17) is 0 Å². The minimum absolute atomic E-state index is 0.513. The van der Waals surface area contributed by atoms with Gasteiger partial charge in [-0.25, -0.2) is 0 Å².